The molecule has 2 atom stereocenters. The molecule has 0 aliphatic carbocycles. The minimum absolute atomic E-state index is 0.0490. The summed E-state index contributed by atoms with van der Waals surface area (Å²) in [5.41, 5.74) is 1.53. The number of nitrogens with zero attached hydrogens (tertiary/aromatic N) is 7. The van der Waals surface area contributed by atoms with E-state index in [0.717, 1.165) is 51.4 Å². The minimum atomic E-state index is -0.525. The van der Waals surface area contributed by atoms with Crippen LogP contribution in [0.25, 0.3) is 20.4 Å². The number of carbonyl (C=O) groups is 1. The van der Waals surface area contributed by atoms with Crippen LogP contribution in [-0.2, 0) is 4.74 Å². The summed E-state index contributed by atoms with van der Waals surface area (Å²) >= 11 is 3.41. The van der Waals surface area contributed by atoms with E-state index in [-0.39, 0.29) is 18.2 Å². The molecular formula is C39H44N8O4S2. The predicted molar refractivity (Wildman–Crippen MR) is 212 cm³/mol. The Hall–Kier alpha value is -5.05. The van der Waals surface area contributed by atoms with Crippen molar-refractivity contribution in [1.82, 2.24) is 30.2 Å². The lowest BCUT2D eigenvalue weighted by Crippen LogP contribution is -2.57. The van der Waals surface area contributed by atoms with Crippen LogP contribution in [0, 0.1) is 0 Å². The molecule has 0 bridgehead atoms. The molecule has 8 rings (SSSR count). The number of para-hydroxylation sites is 2. The largest absolute Gasteiger partial charge is 0.490 e. The van der Waals surface area contributed by atoms with Crippen LogP contribution in [-0.4, -0.2) is 101 Å². The van der Waals surface area contributed by atoms with Gasteiger partial charge in [0.05, 0.1) is 44.9 Å². The van der Waals surface area contributed by atoms with Crippen molar-refractivity contribution in [1.29, 1.82) is 0 Å². The highest BCUT2D eigenvalue weighted by molar-refractivity contribution is 7.22. The average Bonchev–Trinajstić information content (AvgIpc) is 3.82. The fraction of sp³-hybridized carbons (Fsp3) is 0.359. The number of nitrogens with one attached hydrogen (secondary N) is 1. The Balaban J connectivity index is 0.000000170. The molecule has 2 saturated heterocycles. The third-order valence-electron chi connectivity index (χ3n) is 8.69. The molecule has 14 heteroatoms. The minimum Gasteiger partial charge on any atom is -0.490 e. The highest BCUT2D eigenvalue weighted by Gasteiger charge is 2.34. The van der Waals surface area contributed by atoms with Crippen molar-refractivity contribution >= 4 is 59.5 Å². The summed E-state index contributed by atoms with van der Waals surface area (Å²) in [6, 6.07) is 24.2. The van der Waals surface area contributed by atoms with Crippen molar-refractivity contribution in [2.45, 2.75) is 38.5 Å². The molecule has 6 aromatic rings. The number of aromatic nitrogens is 4. The van der Waals surface area contributed by atoms with Gasteiger partial charge in [-0.05, 0) is 69.3 Å². The second kappa shape index (κ2) is 16.7. The maximum atomic E-state index is 12.6. The van der Waals surface area contributed by atoms with E-state index in [4.69, 9.17) is 24.2 Å². The first-order valence-corrected chi connectivity index (χ1v) is 19.4. The van der Waals surface area contributed by atoms with Crippen LogP contribution < -0.4 is 24.6 Å². The van der Waals surface area contributed by atoms with Crippen molar-refractivity contribution in [2.75, 3.05) is 62.3 Å². The summed E-state index contributed by atoms with van der Waals surface area (Å²) in [6.45, 7) is 11.2. The zero-order valence-corrected chi connectivity index (χ0v) is 31.8. The van der Waals surface area contributed by atoms with Crippen molar-refractivity contribution in [3.8, 4) is 11.5 Å². The number of amides is 1. The lowest BCUT2D eigenvalue weighted by atomic mass is 10.2. The molecule has 1 amide bonds. The quantitative estimate of drug-likeness (QED) is 0.178. The van der Waals surface area contributed by atoms with Crippen LogP contribution in [0.15, 0.2) is 97.6 Å². The van der Waals surface area contributed by atoms with Gasteiger partial charge in [-0.15, -0.1) is 0 Å². The van der Waals surface area contributed by atoms with E-state index in [0.29, 0.717) is 38.6 Å². The number of piperazine rings is 2. The maximum Gasteiger partial charge on any atom is 0.410 e. The van der Waals surface area contributed by atoms with Gasteiger partial charge in [0, 0.05) is 51.7 Å². The van der Waals surface area contributed by atoms with Gasteiger partial charge in [-0.3, -0.25) is 9.97 Å². The average molecular weight is 753 g/mol. The summed E-state index contributed by atoms with van der Waals surface area (Å²) < 4.78 is 19.9. The van der Waals surface area contributed by atoms with E-state index in [1.807, 2.05) is 69.3 Å². The lowest BCUT2D eigenvalue weighted by Gasteiger charge is -2.41. The Morgan fingerprint density at radius 2 is 1.32 bits per heavy atom. The van der Waals surface area contributed by atoms with E-state index >= 15 is 0 Å². The molecule has 2 aromatic carbocycles. The number of fused-ring (bicyclic) bond motifs is 2. The number of anilines is 2. The van der Waals surface area contributed by atoms with E-state index in [9.17, 15) is 4.79 Å². The third-order valence-corrected chi connectivity index (χ3v) is 10.8. The summed E-state index contributed by atoms with van der Waals surface area (Å²) in [5, 5.41) is 5.46. The van der Waals surface area contributed by atoms with Gasteiger partial charge in [0.2, 0.25) is 0 Å². The maximum absolute atomic E-state index is 12.6. The van der Waals surface area contributed by atoms with Gasteiger partial charge < -0.3 is 34.2 Å². The smallest absolute Gasteiger partial charge is 0.410 e. The summed E-state index contributed by atoms with van der Waals surface area (Å²) in [6.07, 6.45) is 6.61. The Morgan fingerprint density at radius 3 is 1.87 bits per heavy atom. The number of ether oxygens (including phenoxy) is 3. The van der Waals surface area contributed by atoms with Crippen molar-refractivity contribution in [3.05, 3.63) is 97.6 Å². The molecule has 0 saturated carbocycles. The number of hydrogen-bond acceptors (Lipinski definition) is 13. The van der Waals surface area contributed by atoms with Crippen LogP contribution in [0.4, 0.5) is 15.1 Å². The third kappa shape index (κ3) is 9.50. The predicted octanol–water partition coefficient (Wildman–Crippen LogP) is 6.74. The van der Waals surface area contributed by atoms with Gasteiger partial charge in [0.25, 0.3) is 0 Å². The Labute approximate surface area is 317 Å². The highest BCUT2D eigenvalue weighted by Crippen LogP contribution is 2.32. The van der Waals surface area contributed by atoms with Gasteiger partial charge in [-0.1, -0.05) is 46.9 Å². The second-order valence-corrected chi connectivity index (χ2v) is 15.8. The molecule has 2 fully saturated rings. The molecule has 6 heterocycles. The van der Waals surface area contributed by atoms with E-state index in [1.54, 1.807) is 52.4 Å². The molecule has 0 spiro atoms. The van der Waals surface area contributed by atoms with Gasteiger partial charge in [-0.2, -0.15) is 0 Å². The molecule has 2 aliphatic rings. The van der Waals surface area contributed by atoms with Crippen LogP contribution in [0.3, 0.4) is 0 Å². The SMILES string of the molecule is CC(C)(C)OC(=O)N1CCN(c2nc3ccccc3s2)C(COc2cccnc2)C1.c1cncc(OCC2CNCCN2c2nc3ccccc3s2)c1. The summed E-state index contributed by atoms with van der Waals surface area (Å²) in [5.74, 6) is 1.51. The first kappa shape index (κ1) is 36.3. The normalized spacial score (nSPS) is 17.7. The molecule has 53 heavy (non-hydrogen) atoms. The van der Waals surface area contributed by atoms with Gasteiger partial charge >= 0.3 is 6.09 Å². The van der Waals surface area contributed by atoms with E-state index in [2.05, 4.69) is 49.4 Å². The summed E-state index contributed by atoms with van der Waals surface area (Å²) in [4.78, 5) is 36.8. The van der Waals surface area contributed by atoms with Crippen molar-refractivity contribution in [2.24, 2.45) is 0 Å². The van der Waals surface area contributed by atoms with Crippen LogP contribution in [0.2, 0.25) is 0 Å². The summed E-state index contributed by atoms with van der Waals surface area (Å²) in [7, 11) is 0. The highest BCUT2D eigenvalue weighted by atomic mass is 32.1. The Bertz CT molecular complexity index is 2010. The number of carbonyl (C=O) groups excluding carboxylic acids is 1. The molecule has 1 N–H and O–H groups in total. The number of thiazole rings is 2. The Morgan fingerprint density at radius 1 is 0.755 bits per heavy atom. The zero-order chi connectivity index (χ0) is 36.6. The molecular weight excluding hydrogens is 709 g/mol. The molecule has 276 valence electrons. The number of pyridine rings is 2. The van der Waals surface area contributed by atoms with Crippen LogP contribution in [0.5, 0.6) is 11.5 Å². The van der Waals surface area contributed by atoms with Gasteiger partial charge in [-0.25, -0.2) is 14.8 Å². The van der Waals surface area contributed by atoms with Crippen LogP contribution in [0.1, 0.15) is 20.8 Å². The molecule has 4 aromatic heterocycles. The fourth-order valence-electron chi connectivity index (χ4n) is 6.12. The first-order chi connectivity index (χ1) is 25.8. The standard InChI is InChI=1S/C22H26N4O3S.C17H18N4OS/c1-22(2,3)29-21(27)25-11-12-26(20-24-18-8-4-5-9-19(18)30-20)16(14-25)15-28-17-7-6-10-23-13-17;1-2-6-16-15(5-1)20-17(23-16)21-9-8-19-10-13(21)12-22-14-4-3-7-18-11-14/h4-10,13,16H,11-12,14-15H2,1-3H3;1-7,11,13,19H,8-10,12H2. The molecule has 12 nitrogen and oxygen atoms in total. The van der Waals surface area contributed by atoms with Crippen LogP contribution >= 0.6 is 22.7 Å². The number of rotatable bonds is 8. The van der Waals surface area contributed by atoms with Gasteiger partial charge in [0.1, 0.15) is 30.3 Å². The van der Waals surface area contributed by atoms with Gasteiger partial charge in [0.15, 0.2) is 10.3 Å². The Kier molecular flexibility index (Phi) is 11.5. The first-order valence-electron chi connectivity index (χ1n) is 17.8. The number of benzene rings is 2. The molecule has 0 radical (unpaired) electrons. The molecule has 2 aliphatic heterocycles. The van der Waals surface area contributed by atoms with E-state index < -0.39 is 5.60 Å². The molecule has 2 unspecified atom stereocenters. The zero-order valence-electron chi connectivity index (χ0n) is 30.1. The lowest BCUT2D eigenvalue weighted by molar-refractivity contribution is 0.0201. The van der Waals surface area contributed by atoms with Crippen molar-refractivity contribution < 1.29 is 19.0 Å². The fourth-order valence-corrected chi connectivity index (χ4v) is 8.25. The number of hydrogen-bond donors (Lipinski definition) is 1. The topological polar surface area (TPSA) is 118 Å². The van der Waals surface area contributed by atoms with E-state index in [1.165, 1.54) is 4.70 Å². The second-order valence-electron chi connectivity index (χ2n) is 13.8. The monoisotopic (exact) mass is 752 g/mol. The van der Waals surface area contributed by atoms with Crippen molar-refractivity contribution in [3.63, 3.8) is 0 Å².